The smallest absolute Gasteiger partial charge is 0.291 e. The van der Waals surface area contributed by atoms with Gasteiger partial charge in [0.2, 0.25) is 6.79 Å². The second-order valence-corrected chi connectivity index (χ2v) is 5.49. The van der Waals surface area contributed by atoms with E-state index < -0.39 is 10.8 Å². The molecule has 1 amide bonds. The number of nitrogens with one attached hydrogen (secondary N) is 1. The lowest BCUT2D eigenvalue weighted by Crippen LogP contribution is -2.10. The third-order valence-electron chi connectivity index (χ3n) is 3.82. The van der Waals surface area contributed by atoms with E-state index in [1.54, 1.807) is 42.5 Å². The van der Waals surface area contributed by atoms with Gasteiger partial charge in [-0.05, 0) is 36.4 Å². The summed E-state index contributed by atoms with van der Waals surface area (Å²) in [6.45, 7) is 0.156. The van der Waals surface area contributed by atoms with Crippen LogP contribution in [-0.2, 0) is 0 Å². The van der Waals surface area contributed by atoms with Crippen molar-refractivity contribution in [2.75, 3.05) is 12.1 Å². The maximum atomic E-state index is 12.3. The van der Waals surface area contributed by atoms with Crippen LogP contribution in [0.5, 0.6) is 11.5 Å². The highest BCUT2D eigenvalue weighted by molar-refractivity contribution is 6.02. The van der Waals surface area contributed by atoms with Gasteiger partial charge in [-0.2, -0.15) is 0 Å². The van der Waals surface area contributed by atoms with E-state index in [1.807, 2.05) is 0 Å². The van der Waals surface area contributed by atoms with Gasteiger partial charge in [-0.1, -0.05) is 0 Å². The van der Waals surface area contributed by atoms with Gasteiger partial charge in [0.15, 0.2) is 17.3 Å². The zero-order valence-electron chi connectivity index (χ0n) is 13.3. The third kappa shape index (κ3) is 2.95. The highest BCUT2D eigenvalue weighted by atomic mass is 16.7. The minimum Gasteiger partial charge on any atom is -0.454 e. The molecule has 130 valence electrons. The van der Waals surface area contributed by atoms with Crippen LogP contribution in [0.25, 0.3) is 11.3 Å². The van der Waals surface area contributed by atoms with E-state index >= 15 is 0 Å². The summed E-state index contributed by atoms with van der Waals surface area (Å²) in [5, 5.41) is 13.4. The molecule has 3 aromatic rings. The molecule has 0 fully saturated rings. The molecule has 4 rings (SSSR count). The first-order valence-corrected chi connectivity index (χ1v) is 7.66. The van der Waals surface area contributed by atoms with Crippen LogP contribution in [0.15, 0.2) is 59.0 Å². The van der Waals surface area contributed by atoms with E-state index in [2.05, 4.69) is 5.32 Å². The Hall–Kier alpha value is -3.81. The van der Waals surface area contributed by atoms with Crippen molar-refractivity contribution in [1.82, 2.24) is 0 Å². The molecule has 1 aromatic heterocycles. The quantitative estimate of drug-likeness (QED) is 0.565. The number of nitro groups is 1. The second kappa shape index (κ2) is 6.25. The van der Waals surface area contributed by atoms with Crippen LogP contribution >= 0.6 is 0 Å². The average molecular weight is 352 g/mol. The number of carbonyl (C=O) groups is 1. The molecule has 1 N–H and O–H groups in total. The van der Waals surface area contributed by atoms with Gasteiger partial charge in [0.05, 0.1) is 4.92 Å². The first-order valence-electron chi connectivity index (χ1n) is 7.66. The Bertz CT molecular complexity index is 993. The number of ether oxygens (including phenoxy) is 2. The molecule has 1 aliphatic heterocycles. The molecule has 1 aliphatic rings. The summed E-state index contributed by atoms with van der Waals surface area (Å²) in [4.78, 5) is 22.6. The number of rotatable bonds is 4. The molecular formula is C18H12N2O6. The number of hydrogen-bond acceptors (Lipinski definition) is 6. The fourth-order valence-corrected chi connectivity index (χ4v) is 2.53. The molecule has 0 radical (unpaired) electrons. The normalized spacial score (nSPS) is 12.0. The Morgan fingerprint density at radius 1 is 1.00 bits per heavy atom. The van der Waals surface area contributed by atoms with Gasteiger partial charge < -0.3 is 19.2 Å². The average Bonchev–Trinajstić information content (AvgIpc) is 3.31. The molecule has 8 heteroatoms. The van der Waals surface area contributed by atoms with Crippen molar-refractivity contribution >= 4 is 17.3 Å². The predicted octanol–water partition coefficient (Wildman–Crippen LogP) is 3.84. The van der Waals surface area contributed by atoms with Crippen molar-refractivity contribution in [3.8, 4) is 22.8 Å². The molecule has 2 aromatic carbocycles. The minimum absolute atomic E-state index is 0.0129. The van der Waals surface area contributed by atoms with Crippen molar-refractivity contribution in [2.24, 2.45) is 0 Å². The number of anilines is 1. The van der Waals surface area contributed by atoms with Gasteiger partial charge >= 0.3 is 0 Å². The molecular weight excluding hydrogens is 340 g/mol. The van der Waals surface area contributed by atoms with E-state index in [1.165, 1.54) is 12.1 Å². The van der Waals surface area contributed by atoms with Crippen LogP contribution in [0, 0.1) is 10.1 Å². The molecule has 0 unspecified atom stereocenters. The largest absolute Gasteiger partial charge is 0.454 e. The number of benzene rings is 2. The van der Waals surface area contributed by atoms with Gasteiger partial charge in [-0.15, -0.1) is 0 Å². The topological polar surface area (TPSA) is 104 Å². The second-order valence-electron chi connectivity index (χ2n) is 5.49. The monoisotopic (exact) mass is 352 g/mol. The number of furan rings is 1. The standard InChI is InChI=1S/C18H12N2O6/c21-18(19-12-3-6-15-17(9-12)25-10-24-15)16-8-7-14(26-16)11-1-4-13(5-2-11)20(22)23/h1-9H,10H2,(H,19,21). The zero-order chi connectivity index (χ0) is 18.1. The maximum Gasteiger partial charge on any atom is 0.291 e. The summed E-state index contributed by atoms with van der Waals surface area (Å²) in [5.41, 5.74) is 1.17. The highest BCUT2D eigenvalue weighted by Crippen LogP contribution is 2.34. The number of non-ortho nitro benzene ring substituents is 1. The summed E-state index contributed by atoms with van der Waals surface area (Å²) in [6.07, 6.45) is 0. The Balaban J connectivity index is 1.50. The molecule has 0 saturated carbocycles. The summed E-state index contributed by atoms with van der Waals surface area (Å²) in [7, 11) is 0. The number of hydrogen-bond donors (Lipinski definition) is 1. The molecule has 0 spiro atoms. The molecule has 0 aliphatic carbocycles. The number of nitro benzene ring substituents is 1. The van der Waals surface area contributed by atoms with E-state index in [4.69, 9.17) is 13.9 Å². The van der Waals surface area contributed by atoms with Crippen molar-refractivity contribution in [2.45, 2.75) is 0 Å². The lowest BCUT2D eigenvalue weighted by molar-refractivity contribution is -0.384. The van der Waals surface area contributed by atoms with E-state index in [-0.39, 0.29) is 18.2 Å². The summed E-state index contributed by atoms with van der Waals surface area (Å²) in [5.74, 6) is 1.33. The van der Waals surface area contributed by atoms with Crippen LogP contribution in [0.2, 0.25) is 0 Å². The lowest BCUT2D eigenvalue weighted by atomic mass is 10.1. The molecule has 0 bridgehead atoms. The molecule has 0 saturated heterocycles. The van der Waals surface area contributed by atoms with Crippen LogP contribution in [0.4, 0.5) is 11.4 Å². The minimum atomic E-state index is -0.476. The Morgan fingerprint density at radius 2 is 1.77 bits per heavy atom. The highest BCUT2D eigenvalue weighted by Gasteiger charge is 2.17. The van der Waals surface area contributed by atoms with Gasteiger partial charge in [0.25, 0.3) is 11.6 Å². The fraction of sp³-hybridized carbons (Fsp3) is 0.0556. The number of nitrogens with zero attached hydrogens (tertiary/aromatic N) is 1. The Kier molecular flexibility index (Phi) is 3.77. The maximum absolute atomic E-state index is 12.3. The Labute approximate surface area is 147 Å². The third-order valence-corrected chi connectivity index (χ3v) is 3.82. The molecule has 8 nitrogen and oxygen atoms in total. The van der Waals surface area contributed by atoms with Gasteiger partial charge in [-0.3, -0.25) is 14.9 Å². The van der Waals surface area contributed by atoms with E-state index in [9.17, 15) is 14.9 Å². The molecule has 2 heterocycles. The van der Waals surface area contributed by atoms with Gasteiger partial charge in [0, 0.05) is 29.4 Å². The summed E-state index contributed by atoms with van der Waals surface area (Å²) in [6, 6.07) is 14.1. The van der Waals surface area contributed by atoms with Crippen LogP contribution in [0.1, 0.15) is 10.6 Å². The summed E-state index contributed by atoms with van der Waals surface area (Å²) < 4.78 is 16.1. The first kappa shape index (κ1) is 15.7. The predicted molar refractivity (Wildman–Crippen MR) is 91.3 cm³/mol. The number of fused-ring (bicyclic) bond motifs is 1. The zero-order valence-corrected chi connectivity index (χ0v) is 13.3. The SMILES string of the molecule is O=C(Nc1ccc2c(c1)OCO2)c1ccc(-c2ccc([N+](=O)[O-])cc2)o1. The van der Waals surface area contributed by atoms with Crippen molar-refractivity contribution < 1.29 is 23.6 Å². The summed E-state index contributed by atoms with van der Waals surface area (Å²) >= 11 is 0. The molecule has 26 heavy (non-hydrogen) atoms. The number of amides is 1. The van der Waals surface area contributed by atoms with Crippen molar-refractivity contribution in [3.05, 3.63) is 70.5 Å². The van der Waals surface area contributed by atoms with Crippen molar-refractivity contribution in [3.63, 3.8) is 0 Å². The van der Waals surface area contributed by atoms with E-state index in [0.29, 0.717) is 28.5 Å². The van der Waals surface area contributed by atoms with Crippen LogP contribution in [0.3, 0.4) is 0 Å². The fourth-order valence-electron chi connectivity index (χ4n) is 2.53. The number of carbonyl (C=O) groups excluding carboxylic acids is 1. The van der Waals surface area contributed by atoms with Gasteiger partial charge in [-0.25, -0.2) is 0 Å². The van der Waals surface area contributed by atoms with Crippen LogP contribution in [-0.4, -0.2) is 17.6 Å². The van der Waals surface area contributed by atoms with Gasteiger partial charge in [0.1, 0.15) is 5.76 Å². The molecule has 0 atom stereocenters. The Morgan fingerprint density at radius 3 is 2.54 bits per heavy atom. The lowest BCUT2D eigenvalue weighted by Gasteiger charge is -2.04. The first-order chi connectivity index (χ1) is 12.6. The van der Waals surface area contributed by atoms with E-state index in [0.717, 1.165) is 0 Å². The van der Waals surface area contributed by atoms with Crippen LogP contribution < -0.4 is 14.8 Å². The van der Waals surface area contributed by atoms with Crippen molar-refractivity contribution in [1.29, 1.82) is 0 Å².